The van der Waals surface area contributed by atoms with Crippen molar-refractivity contribution in [2.75, 3.05) is 0 Å². The first-order valence-electron chi connectivity index (χ1n) is 17.4. The molecule has 0 spiro atoms. The zero-order chi connectivity index (χ0) is 35.6. The van der Waals surface area contributed by atoms with E-state index in [-0.39, 0.29) is 78.5 Å². The first kappa shape index (κ1) is 39.5. The van der Waals surface area contributed by atoms with Gasteiger partial charge in [0.15, 0.2) is 5.78 Å². The number of allylic oxidation sites excluding steroid dienone is 1. The first-order chi connectivity index (χ1) is 24.0. The van der Waals surface area contributed by atoms with Gasteiger partial charge in [-0.05, 0) is 36.5 Å². The largest absolute Gasteiger partial charge is 0.462 e. The predicted molar refractivity (Wildman–Crippen MR) is 211 cm³/mol. The summed E-state index contributed by atoms with van der Waals surface area (Å²) >= 11 is 0. The summed E-state index contributed by atoms with van der Waals surface area (Å²) in [6.07, 6.45) is 11.8. The number of aliphatic hydroxyl groups is 1. The molecule has 4 fully saturated rings. The van der Waals surface area contributed by atoms with Gasteiger partial charge in [-0.3, -0.25) is 14.4 Å². The van der Waals surface area contributed by atoms with Crippen molar-refractivity contribution in [2.24, 2.45) is 23.7 Å². The Labute approximate surface area is 305 Å². The van der Waals surface area contributed by atoms with E-state index in [0.717, 1.165) is 24.8 Å². The van der Waals surface area contributed by atoms with Crippen LogP contribution in [0.1, 0.15) is 49.7 Å². The molecule has 8 nitrogen and oxygen atoms in total. The summed E-state index contributed by atoms with van der Waals surface area (Å²) in [5, 5.41) is 10.3. The van der Waals surface area contributed by atoms with Crippen LogP contribution < -0.4 is 0 Å². The lowest BCUT2D eigenvalue weighted by atomic mass is 9.91. The van der Waals surface area contributed by atoms with Gasteiger partial charge in [0.05, 0.1) is 31.2 Å². The van der Waals surface area contributed by atoms with Gasteiger partial charge >= 0.3 is 24.6 Å². The number of hydrogen-bond acceptors (Lipinski definition) is 8. The molecule has 2 aromatic carbocycles. The van der Waals surface area contributed by atoms with Crippen molar-refractivity contribution in [3.63, 3.8) is 0 Å². The molecule has 50 heavy (non-hydrogen) atoms. The lowest BCUT2D eigenvalue weighted by Crippen LogP contribution is -2.24. The van der Waals surface area contributed by atoms with Crippen LogP contribution in [0.15, 0.2) is 85.0 Å². The van der Waals surface area contributed by atoms with Crippen LogP contribution in [0.5, 0.6) is 0 Å². The van der Waals surface area contributed by atoms with Crippen LogP contribution in [0, 0.1) is 23.7 Å². The summed E-state index contributed by atoms with van der Waals surface area (Å²) < 4.78 is 22.7. The molecule has 4 aliphatic rings. The molecule has 2 heterocycles. The highest BCUT2D eigenvalue weighted by Gasteiger charge is 2.50. The summed E-state index contributed by atoms with van der Waals surface area (Å²) in [5.74, 6) is 0.255. The third-order valence-corrected chi connectivity index (χ3v) is 10.5. The highest BCUT2D eigenvalue weighted by molar-refractivity contribution is 7.92. The second-order valence-electron chi connectivity index (χ2n) is 13.5. The Kier molecular flexibility index (Phi) is 15.3. The molecule has 2 aliphatic carbocycles. The molecule has 2 saturated heterocycles. The molecule has 2 aromatic rings. The van der Waals surface area contributed by atoms with Gasteiger partial charge in [-0.2, -0.15) is 0 Å². The van der Waals surface area contributed by atoms with E-state index in [9.17, 15) is 19.5 Å². The quantitative estimate of drug-likeness (QED) is 0.0896. The van der Waals surface area contributed by atoms with Crippen LogP contribution in [-0.2, 0) is 46.0 Å². The Morgan fingerprint density at radius 2 is 1.26 bits per heavy atom. The number of fused-ring (bicyclic) bond motifs is 2. The van der Waals surface area contributed by atoms with Crippen molar-refractivity contribution < 1.29 is 38.3 Å². The van der Waals surface area contributed by atoms with Crippen LogP contribution in [0.25, 0.3) is 0 Å². The smallest absolute Gasteiger partial charge is 0.336 e. The third-order valence-electron chi connectivity index (χ3n) is 9.90. The first-order valence-corrected chi connectivity index (χ1v) is 20.1. The monoisotopic (exact) mass is 754 g/mol. The summed E-state index contributed by atoms with van der Waals surface area (Å²) in [7, 11) is 10.4. The zero-order valence-corrected chi connectivity index (χ0v) is 32.8. The standard InChI is InChI=1S/C18H25BO4P2.C18H23BO4P2/c2*20-13(7-6-12-4-2-1-3-5-12)8-9-14-15-10-18(21)22-16(15)11-17(14)23-19(24)25/h1-5,8-9,13-17,20H,6-7,10-11,24-25H2;1-5,8-9,14-17H,6-7,10-11,24-25H2/b2*9-8+/t13?,14-,15-,16+,17-;14-,15-,16+,17-/m11/s1. The van der Waals surface area contributed by atoms with E-state index in [1.165, 1.54) is 5.56 Å². The summed E-state index contributed by atoms with van der Waals surface area (Å²) in [6.45, 7) is 0. The molecule has 0 radical (unpaired) electrons. The van der Waals surface area contributed by atoms with Crippen molar-refractivity contribution in [2.45, 2.75) is 81.9 Å². The van der Waals surface area contributed by atoms with Crippen molar-refractivity contribution >= 4 is 66.9 Å². The molecule has 5 unspecified atom stereocenters. The molecule has 6 rings (SSSR count). The molecule has 2 aliphatic heterocycles. The number of aliphatic hydroxyl groups excluding tert-OH is 1. The second kappa shape index (κ2) is 19.4. The van der Waals surface area contributed by atoms with Gasteiger partial charge in [0, 0.05) is 42.9 Å². The lowest BCUT2D eigenvalue weighted by molar-refractivity contribution is -0.142. The Morgan fingerprint density at radius 1 is 0.780 bits per heavy atom. The maximum absolute atomic E-state index is 12.2. The van der Waals surface area contributed by atoms with Crippen molar-refractivity contribution in [3.05, 3.63) is 96.1 Å². The Balaban J connectivity index is 0.000000194. The molecule has 266 valence electrons. The van der Waals surface area contributed by atoms with Crippen LogP contribution in [0.3, 0.4) is 0 Å². The van der Waals surface area contributed by atoms with E-state index in [1.807, 2.05) is 66.8 Å². The lowest BCUT2D eigenvalue weighted by Gasteiger charge is -2.22. The number of benzene rings is 2. The van der Waals surface area contributed by atoms with Gasteiger partial charge in [0.2, 0.25) is 0 Å². The molecule has 0 aromatic heterocycles. The number of carbonyl (C=O) groups is 3. The number of rotatable bonds is 14. The van der Waals surface area contributed by atoms with Crippen LogP contribution in [0.4, 0.5) is 0 Å². The second-order valence-corrected chi connectivity index (χ2v) is 17.7. The summed E-state index contributed by atoms with van der Waals surface area (Å²) in [6, 6.07) is 20.1. The average molecular weight is 754 g/mol. The fourth-order valence-corrected chi connectivity index (χ4v) is 8.36. The number of carbonyl (C=O) groups excluding carboxylic acids is 3. The number of hydrogen-bond donors (Lipinski definition) is 1. The van der Waals surface area contributed by atoms with Gasteiger partial charge in [-0.15, -0.1) is 36.5 Å². The normalized spacial score (nSPS) is 28.9. The Hall–Kier alpha value is -1.74. The number of aryl methyl sites for hydroxylation is 2. The topological polar surface area (TPSA) is 108 Å². The predicted octanol–water partition coefficient (Wildman–Crippen LogP) is 5.42. The molecular formula is C36H48B2O8P4. The van der Waals surface area contributed by atoms with E-state index in [4.69, 9.17) is 18.8 Å². The molecule has 1 N–H and O–H groups in total. The molecule has 2 saturated carbocycles. The zero-order valence-electron chi connectivity index (χ0n) is 28.2. The van der Waals surface area contributed by atoms with Crippen molar-refractivity contribution in [1.29, 1.82) is 0 Å². The Bertz CT molecular complexity index is 1480. The third kappa shape index (κ3) is 11.6. The summed E-state index contributed by atoms with van der Waals surface area (Å²) in [5.41, 5.74) is 2.38. The Morgan fingerprint density at radius 3 is 1.76 bits per heavy atom. The van der Waals surface area contributed by atoms with Gasteiger partial charge in [-0.25, -0.2) is 0 Å². The van der Waals surface area contributed by atoms with E-state index in [0.29, 0.717) is 32.1 Å². The summed E-state index contributed by atoms with van der Waals surface area (Å²) in [4.78, 5) is 35.4. The van der Waals surface area contributed by atoms with Gasteiger partial charge in [-0.1, -0.05) is 78.9 Å². The fraction of sp³-hybridized carbons (Fsp3) is 0.472. The minimum Gasteiger partial charge on any atom is -0.462 e. The van der Waals surface area contributed by atoms with E-state index >= 15 is 0 Å². The van der Waals surface area contributed by atoms with E-state index in [1.54, 1.807) is 6.08 Å². The van der Waals surface area contributed by atoms with E-state index < -0.39 is 6.10 Å². The van der Waals surface area contributed by atoms with Crippen LogP contribution in [0.2, 0.25) is 0 Å². The maximum Gasteiger partial charge on any atom is 0.336 e. The van der Waals surface area contributed by atoms with Crippen molar-refractivity contribution in [3.8, 4) is 0 Å². The maximum atomic E-state index is 12.2. The SMILES string of the molecule is O=C(/C=C/[C@@H]1[C@H]2CC(=O)O[C@H]2C[C@H]1OB(P)P)CCc1ccccc1.O=C1C[C@@H]2[C@@H](/C=C/C(O)CCc3ccccc3)[C@H](OB(P)P)C[C@@H]2O1. The highest BCUT2D eigenvalue weighted by atomic mass is 31.1. The van der Waals surface area contributed by atoms with Crippen molar-refractivity contribution in [1.82, 2.24) is 0 Å². The number of ether oxygens (including phenoxy) is 2. The molecular weight excluding hydrogens is 706 g/mol. The number of esters is 2. The number of ketones is 1. The molecule has 14 heteroatoms. The van der Waals surface area contributed by atoms with Gasteiger partial charge < -0.3 is 23.9 Å². The van der Waals surface area contributed by atoms with E-state index in [2.05, 4.69) is 48.6 Å². The molecule has 13 atom stereocenters. The highest BCUT2D eigenvalue weighted by Crippen LogP contribution is 2.45. The van der Waals surface area contributed by atoms with Crippen LogP contribution >= 0.6 is 36.5 Å². The molecule has 0 amide bonds. The minimum atomic E-state index is -0.499. The minimum absolute atomic E-state index is 0.0145. The van der Waals surface area contributed by atoms with Crippen LogP contribution in [-0.4, -0.2) is 66.1 Å². The molecule has 0 bridgehead atoms. The average Bonchev–Trinajstić information content (AvgIpc) is 3.80. The van der Waals surface area contributed by atoms with Gasteiger partial charge in [0.1, 0.15) is 12.2 Å². The fourth-order valence-electron chi connectivity index (χ4n) is 7.55. The van der Waals surface area contributed by atoms with Gasteiger partial charge in [0.25, 0.3) is 0 Å².